The van der Waals surface area contributed by atoms with E-state index in [0.29, 0.717) is 5.92 Å². The van der Waals surface area contributed by atoms with Gasteiger partial charge < -0.3 is 4.74 Å². The molecule has 3 heterocycles. The molecule has 0 fully saturated rings. The third kappa shape index (κ3) is 6.10. The molecule has 7 rings (SSSR count). The molecule has 0 atom stereocenters. The molecule has 0 aliphatic heterocycles. The van der Waals surface area contributed by atoms with Crippen LogP contribution in [0.3, 0.4) is 0 Å². The van der Waals surface area contributed by atoms with Gasteiger partial charge in [0.2, 0.25) is 0 Å². The van der Waals surface area contributed by atoms with Gasteiger partial charge in [0.25, 0.3) is 0 Å². The first kappa shape index (κ1) is 33.3. The molecule has 50 heavy (non-hydrogen) atoms. The summed E-state index contributed by atoms with van der Waals surface area (Å²) >= 11 is 0. The Bertz CT molecular complexity index is 2360. The fourth-order valence-corrected chi connectivity index (χ4v) is 6.95. The molecular formula is C45H48N4O. The van der Waals surface area contributed by atoms with Crippen LogP contribution in [0, 0.1) is 13.8 Å². The van der Waals surface area contributed by atoms with Gasteiger partial charge in [-0.25, -0.2) is 9.67 Å². The van der Waals surface area contributed by atoms with E-state index in [2.05, 4.69) is 169 Å². The molecule has 254 valence electrons. The second-order valence-corrected chi connectivity index (χ2v) is 16.0. The summed E-state index contributed by atoms with van der Waals surface area (Å²) in [7, 11) is 0. The number of aromatic nitrogens is 4. The molecule has 0 unspecified atom stereocenters. The lowest BCUT2D eigenvalue weighted by Crippen LogP contribution is -2.12. The molecule has 0 bridgehead atoms. The van der Waals surface area contributed by atoms with Crippen molar-refractivity contribution in [3.8, 4) is 34.1 Å². The van der Waals surface area contributed by atoms with E-state index in [1.54, 1.807) is 0 Å². The first-order chi connectivity index (χ1) is 23.7. The van der Waals surface area contributed by atoms with Crippen molar-refractivity contribution in [2.45, 2.75) is 86.0 Å². The maximum absolute atomic E-state index is 6.80. The van der Waals surface area contributed by atoms with Crippen molar-refractivity contribution >= 4 is 21.8 Å². The quantitative estimate of drug-likeness (QED) is 0.178. The summed E-state index contributed by atoms with van der Waals surface area (Å²) in [6.07, 6.45) is 1.93. The number of rotatable bonds is 6. The average molecular weight is 661 g/mol. The first-order valence-corrected chi connectivity index (χ1v) is 17.7. The van der Waals surface area contributed by atoms with Crippen LogP contribution in [0.15, 0.2) is 103 Å². The third-order valence-electron chi connectivity index (χ3n) is 9.86. The van der Waals surface area contributed by atoms with Gasteiger partial charge in [-0.2, -0.15) is 5.10 Å². The fourth-order valence-electron chi connectivity index (χ4n) is 6.95. The van der Waals surface area contributed by atoms with Gasteiger partial charge in [0.05, 0.1) is 22.4 Å². The molecule has 4 aromatic carbocycles. The molecule has 0 saturated carbocycles. The Morgan fingerprint density at radius 1 is 0.660 bits per heavy atom. The smallest absolute Gasteiger partial charge is 0.137 e. The summed E-state index contributed by atoms with van der Waals surface area (Å²) < 4.78 is 11.1. The van der Waals surface area contributed by atoms with Crippen molar-refractivity contribution in [2.24, 2.45) is 0 Å². The lowest BCUT2D eigenvalue weighted by molar-refractivity contribution is 0.478. The maximum atomic E-state index is 6.80. The van der Waals surface area contributed by atoms with Crippen LogP contribution >= 0.6 is 0 Å². The van der Waals surface area contributed by atoms with Crippen LogP contribution < -0.4 is 4.74 Å². The van der Waals surface area contributed by atoms with Crippen LogP contribution in [0.5, 0.6) is 11.5 Å². The van der Waals surface area contributed by atoms with Crippen molar-refractivity contribution in [3.05, 3.63) is 131 Å². The van der Waals surface area contributed by atoms with Crippen LogP contribution in [0.4, 0.5) is 0 Å². The highest BCUT2D eigenvalue weighted by Crippen LogP contribution is 2.39. The second-order valence-electron chi connectivity index (χ2n) is 16.0. The number of ether oxygens (including phenoxy) is 1. The van der Waals surface area contributed by atoms with Gasteiger partial charge in [0.1, 0.15) is 17.3 Å². The van der Waals surface area contributed by atoms with Gasteiger partial charge in [0.15, 0.2) is 0 Å². The number of nitrogens with zero attached hydrogens (tertiary/aromatic N) is 4. The summed E-state index contributed by atoms with van der Waals surface area (Å²) in [6, 6.07) is 34.6. The highest BCUT2D eigenvalue weighted by atomic mass is 16.5. The predicted octanol–water partition coefficient (Wildman–Crippen LogP) is 12.2. The number of hydrogen-bond acceptors (Lipinski definition) is 3. The molecule has 0 amide bonds. The van der Waals surface area contributed by atoms with Crippen LogP contribution in [-0.2, 0) is 10.8 Å². The Balaban J connectivity index is 1.38. The molecule has 7 aromatic rings. The topological polar surface area (TPSA) is 44.9 Å². The van der Waals surface area contributed by atoms with E-state index in [1.807, 2.05) is 12.3 Å². The van der Waals surface area contributed by atoms with E-state index < -0.39 is 0 Å². The second kappa shape index (κ2) is 12.3. The van der Waals surface area contributed by atoms with Gasteiger partial charge >= 0.3 is 0 Å². The minimum absolute atomic E-state index is 0.00135. The van der Waals surface area contributed by atoms with E-state index in [9.17, 15) is 0 Å². The van der Waals surface area contributed by atoms with Gasteiger partial charge in [-0.3, -0.25) is 4.57 Å². The Morgan fingerprint density at radius 2 is 1.40 bits per heavy atom. The van der Waals surface area contributed by atoms with E-state index >= 15 is 0 Å². The van der Waals surface area contributed by atoms with Gasteiger partial charge in [0, 0.05) is 40.4 Å². The molecular weight excluding hydrogens is 613 g/mol. The van der Waals surface area contributed by atoms with Crippen molar-refractivity contribution < 1.29 is 4.74 Å². The van der Waals surface area contributed by atoms with Crippen LogP contribution in [-0.4, -0.2) is 19.3 Å². The zero-order chi connectivity index (χ0) is 35.5. The average Bonchev–Trinajstić information content (AvgIpc) is 3.56. The standard InChI is InChI=1S/C45H48N4O/c1-28(2)32-16-19-40-39(22-32)38-18-17-36(27-41(38)48(40)42-25-33(20-21-46-42)44(5,6)7)50-37-24-34(45(8,9)10)23-35(26-37)49-30(4)43(29(3)47-49)31-14-12-11-13-15-31/h11-28H,1-10H3. The first-order valence-electron chi connectivity index (χ1n) is 17.7. The number of fused-ring (bicyclic) bond motifs is 3. The molecule has 0 N–H and O–H groups in total. The number of aryl methyl sites for hydroxylation is 1. The van der Waals surface area contributed by atoms with Crippen molar-refractivity contribution in [2.75, 3.05) is 0 Å². The molecule has 3 aromatic heterocycles. The monoisotopic (exact) mass is 660 g/mol. The van der Waals surface area contributed by atoms with Crippen LogP contribution in [0.1, 0.15) is 89.4 Å². The highest BCUT2D eigenvalue weighted by molar-refractivity contribution is 6.09. The molecule has 5 heteroatoms. The summed E-state index contributed by atoms with van der Waals surface area (Å²) in [5.74, 6) is 2.88. The van der Waals surface area contributed by atoms with E-state index in [4.69, 9.17) is 14.8 Å². The van der Waals surface area contributed by atoms with Crippen LogP contribution in [0.2, 0.25) is 0 Å². The molecule has 5 nitrogen and oxygen atoms in total. The molecule has 0 spiro atoms. The van der Waals surface area contributed by atoms with Crippen molar-refractivity contribution in [1.82, 2.24) is 19.3 Å². The van der Waals surface area contributed by atoms with Crippen molar-refractivity contribution in [3.63, 3.8) is 0 Å². The van der Waals surface area contributed by atoms with Crippen molar-refractivity contribution in [1.29, 1.82) is 0 Å². The summed E-state index contributed by atoms with van der Waals surface area (Å²) in [4.78, 5) is 4.90. The molecule has 0 aliphatic rings. The zero-order valence-electron chi connectivity index (χ0n) is 31.1. The Hall–Kier alpha value is -5.16. The Morgan fingerprint density at radius 3 is 2.10 bits per heavy atom. The van der Waals surface area contributed by atoms with Crippen LogP contribution in [0.25, 0.3) is 44.4 Å². The minimum Gasteiger partial charge on any atom is -0.457 e. The zero-order valence-corrected chi connectivity index (χ0v) is 31.1. The van der Waals surface area contributed by atoms with E-state index in [0.717, 1.165) is 51.0 Å². The summed E-state index contributed by atoms with van der Waals surface area (Å²) in [5, 5.41) is 7.43. The van der Waals surface area contributed by atoms with Gasteiger partial charge in [-0.05, 0) is 101 Å². The Labute approximate surface area is 296 Å². The largest absolute Gasteiger partial charge is 0.457 e. The van der Waals surface area contributed by atoms with E-state index in [-0.39, 0.29) is 10.8 Å². The number of hydrogen-bond donors (Lipinski definition) is 0. The highest BCUT2D eigenvalue weighted by Gasteiger charge is 2.22. The summed E-state index contributed by atoms with van der Waals surface area (Å²) in [5.41, 5.74) is 11.3. The molecule has 0 saturated heterocycles. The van der Waals surface area contributed by atoms with Gasteiger partial charge in [-0.15, -0.1) is 0 Å². The lowest BCUT2D eigenvalue weighted by Gasteiger charge is -2.22. The number of benzene rings is 4. The summed E-state index contributed by atoms with van der Waals surface area (Å²) in [6.45, 7) is 22.2. The maximum Gasteiger partial charge on any atom is 0.137 e. The normalized spacial score (nSPS) is 12.4. The molecule has 0 radical (unpaired) electrons. The molecule has 0 aliphatic carbocycles. The Kier molecular flexibility index (Phi) is 8.21. The fraction of sp³-hybridized carbons (Fsp3) is 0.289. The third-order valence-corrected chi connectivity index (χ3v) is 9.86. The SMILES string of the molecule is Cc1nn(-c2cc(Oc3ccc4c5cc(C(C)C)ccc5n(-c5cc(C(C)(C)C)ccn5)c4c3)cc(C(C)(C)C)c2)c(C)c1-c1ccccc1. The minimum atomic E-state index is -0.0965. The lowest BCUT2D eigenvalue weighted by atomic mass is 9.86. The predicted molar refractivity (Wildman–Crippen MR) is 209 cm³/mol. The number of pyridine rings is 1. The van der Waals surface area contributed by atoms with E-state index in [1.165, 1.54) is 33.0 Å². The van der Waals surface area contributed by atoms with Gasteiger partial charge in [-0.1, -0.05) is 91.8 Å².